The van der Waals surface area contributed by atoms with Gasteiger partial charge in [0.2, 0.25) is 0 Å². The summed E-state index contributed by atoms with van der Waals surface area (Å²) < 4.78 is 19.7. The number of hydrogen-bond acceptors (Lipinski definition) is 3. The lowest BCUT2D eigenvalue weighted by atomic mass is 9.93. The first-order valence-electron chi connectivity index (χ1n) is 7.29. The molecule has 0 fully saturated rings. The average molecular weight is 492 g/mol. The maximum atomic E-state index is 14.4. The van der Waals surface area contributed by atoms with Crippen LogP contribution >= 0.6 is 43.5 Å². The highest BCUT2D eigenvalue weighted by atomic mass is 79.9. The molecule has 0 saturated heterocycles. The van der Waals surface area contributed by atoms with Gasteiger partial charge in [0, 0.05) is 26.9 Å². The minimum absolute atomic E-state index is 0.00867. The Bertz CT molecular complexity index is 817. The second-order valence-electron chi connectivity index (χ2n) is 5.57. The lowest BCUT2D eigenvalue weighted by Crippen LogP contribution is -2.32. The van der Waals surface area contributed by atoms with E-state index < -0.39 is 17.6 Å². The third kappa shape index (κ3) is 3.23. The van der Waals surface area contributed by atoms with Gasteiger partial charge in [-0.05, 0) is 18.9 Å². The number of terminal acetylenes is 1. The second kappa shape index (κ2) is 7.10. The van der Waals surface area contributed by atoms with E-state index in [1.54, 1.807) is 0 Å². The van der Waals surface area contributed by atoms with Crippen LogP contribution in [-0.4, -0.2) is 28.1 Å². The maximum absolute atomic E-state index is 14.4. The largest absolute Gasteiger partial charge is 0.479 e. The highest BCUT2D eigenvalue weighted by Gasteiger charge is 2.44. The molecule has 8 heteroatoms. The Morgan fingerprint density at radius 1 is 1.24 bits per heavy atom. The fourth-order valence-corrected chi connectivity index (χ4v) is 4.05. The van der Waals surface area contributed by atoms with Crippen molar-refractivity contribution in [2.24, 2.45) is 0 Å². The van der Waals surface area contributed by atoms with Crippen LogP contribution in [0.1, 0.15) is 12.8 Å². The van der Waals surface area contributed by atoms with Crippen molar-refractivity contribution in [3.8, 4) is 18.1 Å². The number of alkyl halides is 2. The number of hydrogen-bond donors (Lipinski definition) is 0. The zero-order valence-corrected chi connectivity index (χ0v) is 16.6. The van der Waals surface area contributed by atoms with E-state index in [1.807, 2.05) is 0 Å². The number of imide groups is 1. The van der Waals surface area contributed by atoms with Gasteiger partial charge in [0.05, 0.1) is 10.7 Å². The molecule has 0 radical (unpaired) electrons. The van der Waals surface area contributed by atoms with Gasteiger partial charge < -0.3 is 4.74 Å². The molecule has 1 aliphatic heterocycles. The summed E-state index contributed by atoms with van der Waals surface area (Å²) >= 11 is 12.9. The Balaban J connectivity index is 2.00. The van der Waals surface area contributed by atoms with Crippen molar-refractivity contribution in [3.63, 3.8) is 0 Å². The number of ether oxygens (including phenoxy) is 1. The predicted molar refractivity (Wildman–Crippen MR) is 99.9 cm³/mol. The Hall–Kier alpha value is -1.36. The summed E-state index contributed by atoms with van der Waals surface area (Å²) in [6.45, 7) is -0.0715. The van der Waals surface area contributed by atoms with Crippen LogP contribution in [0.25, 0.3) is 0 Å². The van der Waals surface area contributed by atoms with Crippen LogP contribution in [-0.2, 0) is 9.59 Å². The van der Waals surface area contributed by atoms with Crippen molar-refractivity contribution in [1.82, 2.24) is 0 Å². The van der Waals surface area contributed by atoms with E-state index in [0.29, 0.717) is 24.0 Å². The van der Waals surface area contributed by atoms with Crippen molar-refractivity contribution >= 4 is 61.0 Å². The zero-order chi connectivity index (χ0) is 18.3. The zero-order valence-electron chi connectivity index (χ0n) is 12.7. The van der Waals surface area contributed by atoms with E-state index in [-0.39, 0.29) is 32.7 Å². The molecule has 1 aliphatic carbocycles. The number of amides is 2. The third-order valence-corrected chi connectivity index (χ3v) is 6.96. The summed E-state index contributed by atoms with van der Waals surface area (Å²) in [6.07, 6.45) is 5.92. The maximum Gasteiger partial charge on any atom is 0.261 e. The average Bonchev–Trinajstić information content (AvgIpc) is 2.79. The molecular formula is C17H11Br2ClFNO3. The SMILES string of the molecule is C#CCOc1cc(N2C(=O)C3=C(CC(Br)C(Br)C3)C2=O)c(F)cc1Cl. The van der Waals surface area contributed by atoms with Crippen molar-refractivity contribution in [1.29, 1.82) is 0 Å². The van der Waals surface area contributed by atoms with Crippen LogP contribution < -0.4 is 9.64 Å². The number of anilines is 1. The molecule has 2 aliphatic rings. The standard InChI is InChI=1S/C17H11Br2ClFNO3/c1-2-3-25-15-7-14(13(21)6-12(15)20)22-16(23)8-4-10(18)11(19)5-9(8)17(22)24/h1,6-7,10-11H,3-5H2. The molecule has 0 bridgehead atoms. The van der Waals surface area contributed by atoms with Crippen molar-refractivity contribution in [2.75, 3.05) is 11.5 Å². The molecular weight excluding hydrogens is 480 g/mol. The first-order valence-corrected chi connectivity index (χ1v) is 9.50. The van der Waals surface area contributed by atoms with Gasteiger partial charge in [-0.15, -0.1) is 6.42 Å². The quantitative estimate of drug-likeness (QED) is 0.365. The Kier molecular flexibility index (Phi) is 5.24. The van der Waals surface area contributed by atoms with Crippen LogP contribution in [0.15, 0.2) is 23.3 Å². The molecule has 25 heavy (non-hydrogen) atoms. The topological polar surface area (TPSA) is 46.6 Å². The van der Waals surface area contributed by atoms with Crippen LogP contribution in [0.2, 0.25) is 5.02 Å². The molecule has 0 N–H and O–H groups in total. The number of carbonyl (C=O) groups excluding carboxylic acids is 2. The molecule has 130 valence electrons. The first-order chi connectivity index (χ1) is 11.8. The van der Waals surface area contributed by atoms with E-state index in [0.717, 1.165) is 11.0 Å². The molecule has 2 unspecified atom stereocenters. The molecule has 2 amide bonds. The van der Waals surface area contributed by atoms with Gasteiger partial charge in [-0.25, -0.2) is 9.29 Å². The molecule has 0 spiro atoms. The molecule has 1 aromatic carbocycles. The molecule has 0 saturated carbocycles. The second-order valence-corrected chi connectivity index (χ2v) is 8.33. The van der Waals surface area contributed by atoms with E-state index >= 15 is 0 Å². The fraction of sp³-hybridized carbons (Fsp3) is 0.294. The number of carbonyl (C=O) groups is 2. The highest BCUT2D eigenvalue weighted by Crippen LogP contribution is 2.42. The molecule has 2 atom stereocenters. The van der Waals surface area contributed by atoms with Gasteiger partial charge in [0.1, 0.15) is 18.2 Å². The summed E-state index contributed by atoms with van der Waals surface area (Å²) in [5, 5.41) is 0.00867. The minimum atomic E-state index is -0.787. The number of benzene rings is 1. The fourth-order valence-electron chi connectivity index (χ4n) is 2.83. The van der Waals surface area contributed by atoms with Gasteiger partial charge in [0.15, 0.2) is 0 Å². The van der Waals surface area contributed by atoms with Crippen molar-refractivity contribution in [2.45, 2.75) is 22.5 Å². The highest BCUT2D eigenvalue weighted by molar-refractivity contribution is 9.12. The lowest BCUT2D eigenvalue weighted by molar-refractivity contribution is -0.120. The summed E-state index contributed by atoms with van der Waals surface area (Å²) in [5.41, 5.74) is 0.615. The molecule has 1 aromatic rings. The van der Waals surface area contributed by atoms with Crippen LogP contribution in [0, 0.1) is 18.2 Å². The first kappa shape index (κ1) is 18.4. The molecule has 1 heterocycles. The number of halogens is 4. The van der Waals surface area contributed by atoms with E-state index in [1.165, 1.54) is 6.07 Å². The minimum Gasteiger partial charge on any atom is -0.479 e. The summed E-state index contributed by atoms with van der Waals surface area (Å²) in [7, 11) is 0. The Morgan fingerprint density at radius 3 is 2.32 bits per heavy atom. The van der Waals surface area contributed by atoms with E-state index in [9.17, 15) is 14.0 Å². The number of nitrogens with zero attached hydrogens (tertiary/aromatic N) is 1. The summed E-state index contributed by atoms with van der Waals surface area (Å²) in [4.78, 5) is 26.3. The lowest BCUT2D eigenvalue weighted by Gasteiger charge is -2.21. The molecule has 0 aromatic heterocycles. The molecule has 4 nitrogen and oxygen atoms in total. The number of rotatable bonds is 3. The predicted octanol–water partition coefficient (Wildman–Crippen LogP) is 3.98. The Morgan fingerprint density at radius 2 is 1.80 bits per heavy atom. The van der Waals surface area contributed by atoms with Crippen LogP contribution in [0.3, 0.4) is 0 Å². The normalized spacial score (nSPS) is 22.9. The summed E-state index contributed by atoms with van der Waals surface area (Å²) in [6, 6.07) is 2.22. The van der Waals surface area contributed by atoms with Crippen molar-refractivity contribution in [3.05, 3.63) is 34.1 Å². The smallest absolute Gasteiger partial charge is 0.261 e. The van der Waals surface area contributed by atoms with Gasteiger partial charge >= 0.3 is 0 Å². The Labute approximate surface area is 165 Å². The monoisotopic (exact) mass is 489 g/mol. The van der Waals surface area contributed by atoms with Crippen LogP contribution in [0.4, 0.5) is 10.1 Å². The van der Waals surface area contributed by atoms with Gasteiger partial charge in [-0.2, -0.15) is 0 Å². The van der Waals surface area contributed by atoms with Gasteiger partial charge in [0.25, 0.3) is 11.8 Å². The third-order valence-electron chi connectivity index (χ3n) is 4.03. The van der Waals surface area contributed by atoms with E-state index in [4.69, 9.17) is 22.8 Å². The van der Waals surface area contributed by atoms with Crippen LogP contribution in [0.5, 0.6) is 5.75 Å². The van der Waals surface area contributed by atoms with Gasteiger partial charge in [-0.3, -0.25) is 9.59 Å². The molecule has 3 rings (SSSR count). The van der Waals surface area contributed by atoms with E-state index in [2.05, 4.69) is 37.8 Å². The van der Waals surface area contributed by atoms with Crippen molar-refractivity contribution < 1.29 is 18.7 Å². The van der Waals surface area contributed by atoms with Gasteiger partial charge in [-0.1, -0.05) is 49.4 Å². The summed E-state index contributed by atoms with van der Waals surface area (Å²) in [5.74, 6) is 0.556.